The number of nitrogens with one attached hydrogen (secondary N) is 1. The minimum absolute atomic E-state index is 0.0233. The molecule has 4 heteroatoms. The van der Waals surface area contributed by atoms with E-state index >= 15 is 0 Å². The number of hydrogen-bond donors (Lipinski definition) is 1. The quantitative estimate of drug-likeness (QED) is 0.817. The van der Waals surface area contributed by atoms with Gasteiger partial charge in [0.25, 0.3) is 0 Å². The van der Waals surface area contributed by atoms with Crippen LogP contribution in [0, 0.1) is 0 Å². The van der Waals surface area contributed by atoms with Crippen LogP contribution in [0.1, 0.15) is 33.5 Å². The molecule has 0 aromatic carbocycles. The average molecular weight is 209 g/mol. The van der Waals surface area contributed by atoms with Crippen molar-refractivity contribution < 1.29 is 4.79 Å². The minimum atomic E-state index is -0.177. The molecule has 1 rings (SSSR count). The van der Waals surface area contributed by atoms with Crippen molar-refractivity contribution in [3.63, 3.8) is 0 Å². The summed E-state index contributed by atoms with van der Waals surface area (Å²) in [6.45, 7) is 8.29. The Balaban J connectivity index is 2.59. The summed E-state index contributed by atoms with van der Waals surface area (Å²) < 4.78 is 1.88. The molecule has 0 radical (unpaired) electrons. The highest BCUT2D eigenvalue weighted by Crippen LogP contribution is 2.01. The molecule has 0 unspecified atom stereocenters. The molecule has 0 aliphatic carbocycles. The Morgan fingerprint density at radius 1 is 1.53 bits per heavy atom. The van der Waals surface area contributed by atoms with E-state index in [0.717, 1.165) is 12.2 Å². The molecular weight excluding hydrogens is 190 g/mol. The first kappa shape index (κ1) is 11.8. The van der Waals surface area contributed by atoms with Crippen LogP contribution >= 0.6 is 0 Å². The SMILES string of the molecule is CCc1nccn1CC(=O)NC(C)(C)C. The maximum atomic E-state index is 11.6. The number of rotatable bonds is 3. The van der Waals surface area contributed by atoms with Crippen LogP contribution in [0.25, 0.3) is 0 Å². The molecule has 0 spiro atoms. The number of aryl methyl sites for hydroxylation is 1. The summed E-state index contributed by atoms with van der Waals surface area (Å²) in [5, 5.41) is 2.92. The van der Waals surface area contributed by atoms with Gasteiger partial charge >= 0.3 is 0 Å². The zero-order chi connectivity index (χ0) is 11.5. The van der Waals surface area contributed by atoms with Gasteiger partial charge in [-0.2, -0.15) is 0 Å². The zero-order valence-electron chi connectivity index (χ0n) is 9.87. The molecule has 0 aliphatic heterocycles. The Kier molecular flexibility index (Phi) is 3.50. The molecule has 1 heterocycles. The van der Waals surface area contributed by atoms with Gasteiger partial charge in [-0.1, -0.05) is 6.92 Å². The van der Waals surface area contributed by atoms with Crippen LogP contribution in [0.3, 0.4) is 0 Å². The molecule has 0 aliphatic rings. The Bertz CT molecular complexity index is 336. The average Bonchev–Trinajstić information content (AvgIpc) is 2.48. The molecule has 84 valence electrons. The number of nitrogens with zero attached hydrogens (tertiary/aromatic N) is 2. The molecule has 0 saturated heterocycles. The molecule has 1 aromatic heterocycles. The van der Waals surface area contributed by atoms with E-state index in [9.17, 15) is 4.79 Å². The normalized spacial score (nSPS) is 11.5. The Labute approximate surface area is 90.7 Å². The third kappa shape index (κ3) is 3.73. The van der Waals surface area contributed by atoms with Crippen LogP contribution in [-0.2, 0) is 17.8 Å². The number of aromatic nitrogens is 2. The summed E-state index contributed by atoms with van der Waals surface area (Å²) in [6.07, 6.45) is 4.40. The van der Waals surface area contributed by atoms with E-state index in [1.165, 1.54) is 0 Å². The van der Waals surface area contributed by atoms with E-state index in [1.807, 2.05) is 38.5 Å². The standard InChI is InChI=1S/C11H19N3O/c1-5-9-12-6-7-14(9)8-10(15)13-11(2,3)4/h6-7H,5,8H2,1-4H3,(H,13,15). The van der Waals surface area contributed by atoms with Crippen molar-refractivity contribution in [1.82, 2.24) is 14.9 Å². The summed E-state index contributed by atoms with van der Waals surface area (Å²) in [5.41, 5.74) is -0.177. The molecule has 0 bridgehead atoms. The van der Waals surface area contributed by atoms with Crippen molar-refractivity contribution in [1.29, 1.82) is 0 Å². The fourth-order valence-electron chi connectivity index (χ4n) is 1.41. The first-order valence-corrected chi connectivity index (χ1v) is 5.23. The zero-order valence-corrected chi connectivity index (χ0v) is 9.87. The van der Waals surface area contributed by atoms with Crippen molar-refractivity contribution in [2.24, 2.45) is 0 Å². The third-order valence-corrected chi connectivity index (χ3v) is 1.95. The lowest BCUT2D eigenvalue weighted by atomic mass is 10.1. The largest absolute Gasteiger partial charge is 0.350 e. The van der Waals surface area contributed by atoms with Gasteiger partial charge in [-0.25, -0.2) is 4.98 Å². The van der Waals surface area contributed by atoms with E-state index in [-0.39, 0.29) is 11.4 Å². The summed E-state index contributed by atoms with van der Waals surface area (Å²) in [5.74, 6) is 0.967. The molecule has 0 saturated carbocycles. The molecule has 0 atom stereocenters. The fourth-order valence-corrected chi connectivity index (χ4v) is 1.41. The van der Waals surface area contributed by atoms with Crippen LogP contribution in [-0.4, -0.2) is 21.0 Å². The molecule has 15 heavy (non-hydrogen) atoms. The van der Waals surface area contributed by atoms with Gasteiger partial charge in [0.2, 0.25) is 5.91 Å². The Hall–Kier alpha value is -1.32. The Morgan fingerprint density at radius 3 is 2.73 bits per heavy atom. The third-order valence-electron chi connectivity index (χ3n) is 1.95. The van der Waals surface area contributed by atoms with Crippen LogP contribution in [0.5, 0.6) is 0 Å². The van der Waals surface area contributed by atoms with Crippen molar-refractivity contribution in [3.8, 4) is 0 Å². The van der Waals surface area contributed by atoms with Crippen LogP contribution < -0.4 is 5.32 Å². The fraction of sp³-hybridized carbons (Fsp3) is 0.636. The van der Waals surface area contributed by atoms with Crippen molar-refractivity contribution in [2.45, 2.75) is 46.2 Å². The summed E-state index contributed by atoms with van der Waals surface area (Å²) in [6, 6.07) is 0. The first-order valence-electron chi connectivity index (χ1n) is 5.23. The molecule has 1 N–H and O–H groups in total. The van der Waals surface area contributed by atoms with Crippen molar-refractivity contribution in [3.05, 3.63) is 18.2 Å². The number of amides is 1. The smallest absolute Gasteiger partial charge is 0.240 e. The number of imidazole rings is 1. The van der Waals surface area contributed by atoms with Gasteiger partial charge in [-0.3, -0.25) is 4.79 Å². The van der Waals surface area contributed by atoms with E-state index in [4.69, 9.17) is 0 Å². The predicted octanol–water partition coefficient (Wildman–Crippen LogP) is 1.36. The predicted molar refractivity (Wildman–Crippen MR) is 59.5 cm³/mol. The molecule has 4 nitrogen and oxygen atoms in total. The Morgan fingerprint density at radius 2 is 2.20 bits per heavy atom. The monoisotopic (exact) mass is 209 g/mol. The second-order valence-electron chi connectivity index (χ2n) is 4.62. The highest BCUT2D eigenvalue weighted by atomic mass is 16.2. The van der Waals surface area contributed by atoms with E-state index < -0.39 is 0 Å². The second kappa shape index (κ2) is 4.47. The van der Waals surface area contributed by atoms with Crippen LogP contribution in [0.2, 0.25) is 0 Å². The van der Waals surface area contributed by atoms with Gasteiger partial charge in [-0.05, 0) is 20.8 Å². The van der Waals surface area contributed by atoms with Gasteiger partial charge in [0.1, 0.15) is 12.4 Å². The van der Waals surface area contributed by atoms with Crippen molar-refractivity contribution >= 4 is 5.91 Å². The maximum absolute atomic E-state index is 11.6. The number of carbonyl (C=O) groups excluding carboxylic acids is 1. The molecule has 1 amide bonds. The van der Waals surface area contributed by atoms with E-state index in [1.54, 1.807) is 6.20 Å². The number of hydrogen-bond acceptors (Lipinski definition) is 2. The molecule has 1 aromatic rings. The summed E-state index contributed by atoms with van der Waals surface area (Å²) in [4.78, 5) is 15.8. The lowest BCUT2D eigenvalue weighted by Gasteiger charge is -2.20. The van der Waals surface area contributed by atoms with Crippen molar-refractivity contribution in [2.75, 3.05) is 0 Å². The maximum Gasteiger partial charge on any atom is 0.240 e. The highest BCUT2D eigenvalue weighted by molar-refractivity contribution is 5.76. The van der Waals surface area contributed by atoms with Gasteiger partial charge < -0.3 is 9.88 Å². The summed E-state index contributed by atoms with van der Waals surface area (Å²) >= 11 is 0. The van der Waals surface area contributed by atoms with Gasteiger partial charge in [0, 0.05) is 24.4 Å². The second-order valence-corrected chi connectivity index (χ2v) is 4.62. The lowest BCUT2D eigenvalue weighted by molar-refractivity contribution is -0.123. The lowest BCUT2D eigenvalue weighted by Crippen LogP contribution is -2.42. The molecule has 0 fully saturated rings. The summed E-state index contributed by atoms with van der Waals surface area (Å²) in [7, 11) is 0. The number of carbonyl (C=O) groups is 1. The van der Waals surface area contributed by atoms with E-state index in [0.29, 0.717) is 6.54 Å². The molecular formula is C11H19N3O. The first-order chi connectivity index (χ1) is 6.92. The van der Waals surface area contributed by atoms with E-state index in [2.05, 4.69) is 10.3 Å². The van der Waals surface area contributed by atoms with Gasteiger partial charge in [0.05, 0.1) is 0 Å². The van der Waals surface area contributed by atoms with Crippen LogP contribution in [0.15, 0.2) is 12.4 Å². The minimum Gasteiger partial charge on any atom is -0.350 e. The van der Waals surface area contributed by atoms with Gasteiger partial charge in [-0.15, -0.1) is 0 Å². The highest BCUT2D eigenvalue weighted by Gasteiger charge is 2.14. The topological polar surface area (TPSA) is 46.9 Å². The van der Waals surface area contributed by atoms with Gasteiger partial charge in [0.15, 0.2) is 0 Å². The van der Waals surface area contributed by atoms with Crippen LogP contribution in [0.4, 0.5) is 0 Å².